The lowest BCUT2D eigenvalue weighted by molar-refractivity contribution is 0.0526. The van der Waals surface area contributed by atoms with Gasteiger partial charge in [0.15, 0.2) is 0 Å². The molecule has 2 aromatic carbocycles. The first-order chi connectivity index (χ1) is 10.1. The van der Waals surface area contributed by atoms with Crippen molar-refractivity contribution < 1.29 is 9.53 Å². The molecule has 2 rings (SSSR count). The van der Waals surface area contributed by atoms with Crippen molar-refractivity contribution in [1.29, 1.82) is 0 Å². The molecule has 0 heterocycles. The normalized spacial score (nSPS) is 11.3. The maximum atomic E-state index is 11.6. The minimum atomic E-state index is -0.310. The van der Waals surface area contributed by atoms with Crippen molar-refractivity contribution in [2.75, 3.05) is 6.61 Å². The molecule has 0 spiro atoms. The lowest BCUT2D eigenvalue weighted by Gasteiger charge is -2.05. The van der Waals surface area contributed by atoms with Crippen LogP contribution >= 0.6 is 15.9 Å². The van der Waals surface area contributed by atoms with E-state index in [1.165, 1.54) is 0 Å². The summed E-state index contributed by atoms with van der Waals surface area (Å²) < 4.78 is 5.96. The molecule has 2 aromatic rings. The van der Waals surface area contributed by atoms with E-state index in [9.17, 15) is 4.79 Å². The van der Waals surface area contributed by atoms with Crippen LogP contribution in [-0.4, -0.2) is 18.3 Å². The molecule has 0 bridgehead atoms. The van der Waals surface area contributed by atoms with Crippen LogP contribution in [0.15, 0.2) is 58.0 Å². The van der Waals surface area contributed by atoms with E-state index in [1.54, 1.807) is 19.1 Å². The molecule has 0 aliphatic heterocycles. The number of esters is 1. The van der Waals surface area contributed by atoms with E-state index in [4.69, 9.17) is 4.74 Å². The number of aliphatic imine (C=N–C) groups is 1. The molecule has 0 fully saturated rings. The highest BCUT2D eigenvalue weighted by Crippen LogP contribution is 2.20. The van der Waals surface area contributed by atoms with Crippen molar-refractivity contribution in [3.8, 4) is 0 Å². The highest BCUT2D eigenvalue weighted by atomic mass is 79.9. The van der Waals surface area contributed by atoms with Gasteiger partial charge in [0.25, 0.3) is 0 Å². The first kappa shape index (κ1) is 15.4. The van der Waals surface area contributed by atoms with E-state index in [1.807, 2.05) is 43.3 Å². The highest BCUT2D eigenvalue weighted by Gasteiger charge is 2.06. The molecule has 3 nitrogen and oxygen atoms in total. The van der Waals surface area contributed by atoms with E-state index in [0.717, 1.165) is 21.4 Å². The molecule has 0 atom stereocenters. The standard InChI is InChI=1S/C17H16BrNO2/c1-3-21-17(20)13-8-10-14(11-9-13)19-12(2)15-6-4-5-7-16(15)18/h4-11H,3H2,1-2H3/b19-12+. The molecule has 0 radical (unpaired) electrons. The van der Waals surface area contributed by atoms with Crippen LogP contribution in [0.5, 0.6) is 0 Å². The molecule has 0 unspecified atom stereocenters. The number of ether oxygens (including phenoxy) is 1. The van der Waals surface area contributed by atoms with Gasteiger partial charge in [-0.2, -0.15) is 0 Å². The summed E-state index contributed by atoms with van der Waals surface area (Å²) in [5.74, 6) is -0.310. The summed E-state index contributed by atoms with van der Waals surface area (Å²) >= 11 is 3.52. The van der Waals surface area contributed by atoms with E-state index >= 15 is 0 Å². The number of rotatable bonds is 4. The van der Waals surface area contributed by atoms with Crippen LogP contribution < -0.4 is 0 Å². The van der Waals surface area contributed by atoms with Gasteiger partial charge in [0.1, 0.15) is 0 Å². The first-order valence-corrected chi connectivity index (χ1v) is 7.48. The summed E-state index contributed by atoms with van der Waals surface area (Å²) in [6.45, 7) is 4.12. The smallest absolute Gasteiger partial charge is 0.338 e. The van der Waals surface area contributed by atoms with Gasteiger partial charge < -0.3 is 4.74 Å². The zero-order valence-corrected chi connectivity index (χ0v) is 13.6. The molecule has 0 N–H and O–H groups in total. The van der Waals surface area contributed by atoms with Crippen LogP contribution in [0.1, 0.15) is 29.8 Å². The van der Waals surface area contributed by atoms with E-state index in [0.29, 0.717) is 12.2 Å². The molecule has 0 saturated heterocycles. The second-order valence-electron chi connectivity index (χ2n) is 4.44. The maximum absolute atomic E-state index is 11.6. The van der Waals surface area contributed by atoms with Crippen molar-refractivity contribution in [3.05, 3.63) is 64.1 Å². The Kier molecular flexibility index (Phi) is 5.28. The van der Waals surface area contributed by atoms with Crippen LogP contribution in [-0.2, 0) is 4.74 Å². The van der Waals surface area contributed by atoms with Gasteiger partial charge in [-0.15, -0.1) is 0 Å². The number of carbonyl (C=O) groups is 1. The number of halogens is 1. The zero-order valence-electron chi connectivity index (χ0n) is 12.0. The van der Waals surface area contributed by atoms with Crippen molar-refractivity contribution in [1.82, 2.24) is 0 Å². The molecule has 0 aromatic heterocycles. The molecular formula is C17H16BrNO2. The van der Waals surface area contributed by atoms with Gasteiger partial charge in [-0.05, 0) is 44.2 Å². The van der Waals surface area contributed by atoms with Crippen molar-refractivity contribution in [2.45, 2.75) is 13.8 Å². The maximum Gasteiger partial charge on any atom is 0.338 e. The quantitative estimate of drug-likeness (QED) is 0.591. The van der Waals surface area contributed by atoms with Gasteiger partial charge in [0.05, 0.1) is 17.9 Å². The van der Waals surface area contributed by atoms with E-state index in [2.05, 4.69) is 20.9 Å². The predicted molar refractivity (Wildman–Crippen MR) is 88.4 cm³/mol. The SMILES string of the molecule is CCOC(=O)c1ccc(/N=C(\C)c2ccccc2Br)cc1. The van der Waals surface area contributed by atoms with Crippen LogP contribution in [0.2, 0.25) is 0 Å². The lowest BCUT2D eigenvalue weighted by atomic mass is 10.1. The molecule has 0 aliphatic carbocycles. The van der Waals surface area contributed by atoms with E-state index < -0.39 is 0 Å². The van der Waals surface area contributed by atoms with Crippen molar-refractivity contribution in [2.24, 2.45) is 4.99 Å². The molecule has 21 heavy (non-hydrogen) atoms. The Morgan fingerprint density at radius 1 is 1.14 bits per heavy atom. The molecule has 4 heteroatoms. The van der Waals surface area contributed by atoms with Crippen LogP contribution in [0.3, 0.4) is 0 Å². The number of hydrogen-bond donors (Lipinski definition) is 0. The van der Waals surface area contributed by atoms with Crippen LogP contribution in [0.25, 0.3) is 0 Å². The summed E-state index contributed by atoms with van der Waals surface area (Å²) in [6.07, 6.45) is 0. The second kappa shape index (κ2) is 7.18. The van der Waals surface area contributed by atoms with Gasteiger partial charge in [0, 0.05) is 15.7 Å². The zero-order chi connectivity index (χ0) is 15.2. The third kappa shape index (κ3) is 4.02. The minimum Gasteiger partial charge on any atom is -0.462 e. The fraction of sp³-hybridized carbons (Fsp3) is 0.176. The summed E-state index contributed by atoms with van der Waals surface area (Å²) in [6, 6.07) is 15.0. The third-order valence-corrected chi connectivity index (χ3v) is 3.63. The Hall–Kier alpha value is -1.94. The Morgan fingerprint density at radius 3 is 2.43 bits per heavy atom. The third-order valence-electron chi connectivity index (χ3n) is 2.94. The Balaban J connectivity index is 2.21. The molecule has 0 amide bonds. The van der Waals surface area contributed by atoms with Gasteiger partial charge in [-0.1, -0.05) is 34.1 Å². The largest absolute Gasteiger partial charge is 0.462 e. The van der Waals surface area contributed by atoms with Gasteiger partial charge in [0.2, 0.25) is 0 Å². The summed E-state index contributed by atoms with van der Waals surface area (Å²) in [7, 11) is 0. The fourth-order valence-electron chi connectivity index (χ4n) is 1.89. The van der Waals surface area contributed by atoms with Crippen LogP contribution in [0, 0.1) is 0 Å². The summed E-state index contributed by atoms with van der Waals surface area (Å²) in [5, 5.41) is 0. The van der Waals surface area contributed by atoms with Gasteiger partial charge in [-0.3, -0.25) is 4.99 Å². The average molecular weight is 346 g/mol. The fourth-order valence-corrected chi connectivity index (χ4v) is 2.47. The molecular weight excluding hydrogens is 330 g/mol. The Labute approximate surface area is 132 Å². The Bertz CT molecular complexity index is 663. The second-order valence-corrected chi connectivity index (χ2v) is 5.30. The topological polar surface area (TPSA) is 38.7 Å². The average Bonchev–Trinajstić information content (AvgIpc) is 2.48. The minimum absolute atomic E-state index is 0.310. The number of carbonyl (C=O) groups excluding carboxylic acids is 1. The summed E-state index contributed by atoms with van der Waals surface area (Å²) in [5.41, 5.74) is 3.30. The molecule has 0 aliphatic rings. The number of benzene rings is 2. The van der Waals surface area contributed by atoms with Gasteiger partial charge >= 0.3 is 5.97 Å². The number of hydrogen-bond acceptors (Lipinski definition) is 3. The lowest BCUT2D eigenvalue weighted by Crippen LogP contribution is -2.03. The first-order valence-electron chi connectivity index (χ1n) is 6.69. The summed E-state index contributed by atoms with van der Waals surface area (Å²) in [4.78, 5) is 16.2. The van der Waals surface area contributed by atoms with Crippen LogP contribution in [0.4, 0.5) is 5.69 Å². The van der Waals surface area contributed by atoms with Gasteiger partial charge in [-0.25, -0.2) is 4.79 Å². The van der Waals surface area contributed by atoms with Crippen molar-refractivity contribution >= 4 is 33.3 Å². The molecule has 108 valence electrons. The van der Waals surface area contributed by atoms with Crippen molar-refractivity contribution in [3.63, 3.8) is 0 Å². The highest BCUT2D eigenvalue weighted by molar-refractivity contribution is 9.10. The predicted octanol–water partition coefficient (Wildman–Crippen LogP) is 4.77. The Morgan fingerprint density at radius 2 is 1.81 bits per heavy atom. The number of nitrogens with zero attached hydrogens (tertiary/aromatic N) is 1. The monoisotopic (exact) mass is 345 g/mol. The van der Waals surface area contributed by atoms with E-state index in [-0.39, 0.29) is 5.97 Å². The molecule has 0 saturated carbocycles.